The number of amides is 1. The van der Waals surface area contributed by atoms with Gasteiger partial charge in [-0.2, -0.15) is 0 Å². The molecule has 4 aromatic rings. The Labute approximate surface area is 232 Å². The van der Waals surface area contributed by atoms with Crippen LogP contribution in [0.15, 0.2) is 95.9 Å². The van der Waals surface area contributed by atoms with Gasteiger partial charge in [0, 0.05) is 15.7 Å². The number of benzene rings is 4. The van der Waals surface area contributed by atoms with Crippen molar-refractivity contribution in [3.8, 4) is 5.75 Å². The van der Waals surface area contributed by atoms with Crippen molar-refractivity contribution < 1.29 is 17.9 Å². The second-order valence-corrected chi connectivity index (χ2v) is 11.5. The molecular weight excluding hydrogens is 543 g/mol. The molecule has 0 aromatic heterocycles. The summed E-state index contributed by atoms with van der Waals surface area (Å²) in [6.45, 7) is 3.65. The molecule has 0 spiro atoms. The van der Waals surface area contributed by atoms with Crippen molar-refractivity contribution in [3.05, 3.63) is 118 Å². The van der Waals surface area contributed by atoms with Gasteiger partial charge in [-0.15, -0.1) is 0 Å². The van der Waals surface area contributed by atoms with E-state index in [0.29, 0.717) is 27.2 Å². The lowest BCUT2D eigenvalue weighted by Gasteiger charge is -2.25. The molecule has 9 heteroatoms. The zero-order chi connectivity index (χ0) is 27.3. The summed E-state index contributed by atoms with van der Waals surface area (Å²) in [6.07, 6.45) is 0. The minimum Gasteiger partial charge on any atom is -0.484 e. The number of halogens is 2. The average molecular weight is 570 g/mol. The number of anilines is 2. The normalized spacial score (nSPS) is 11.2. The smallest absolute Gasteiger partial charge is 0.264 e. The lowest BCUT2D eigenvalue weighted by atomic mass is 10.2. The summed E-state index contributed by atoms with van der Waals surface area (Å²) >= 11 is 12.0. The predicted molar refractivity (Wildman–Crippen MR) is 153 cm³/mol. The third-order valence-corrected chi connectivity index (χ3v) is 8.08. The van der Waals surface area contributed by atoms with Gasteiger partial charge in [0.25, 0.3) is 15.9 Å². The van der Waals surface area contributed by atoms with Crippen LogP contribution in [-0.2, 0) is 21.4 Å². The molecule has 4 rings (SSSR count). The van der Waals surface area contributed by atoms with Gasteiger partial charge in [0.2, 0.25) is 0 Å². The second kappa shape index (κ2) is 11.9. The molecule has 0 fully saturated rings. The Kier molecular flexibility index (Phi) is 8.62. The van der Waals surface area contributed by atoms with Crippen molar-refractivity contribution >= 4 is 50.5 Å². The SMILES string of the molecule is Cc1ccc(S(=O)(=O)N(Cc2ccc(Cl)cc2)c2ccc(OCC(=O)Nc3ccc(Cl)cc3C)cc2)cc1. The molecular formula is C29H26Cl2N2O4S. The number of ether oxygens (including phenoxy) is 1. The number of aryl methyl sites for hydroxylation is 2. The van der Waals surface area contributed by atoms with Crippen LogP contribution in [0.25, 0.3) is 0 Å². The molecule has 0 heterocycles. The summed E-state index contributed by atoms with van der Waals surface area (Å²) in [4.78, 5) is 12.6. The summed E-state index contributed by atoms with van der Waals surface area (Å²) in [5, 5.41) is 3.95. The van der Waals surface area contributed by atoms with Crippen LogP contribution < -0.4 is 14.4 Å². The van der Waals surface area contributed by atoms with Gasteiger partial charge in [0.15, 0.2) is 6.61 Å². The van der Waals surface area contributed by atoms with E-state index in [1.165, 1.54) is 4.31 Å². The lowest BCUT2D eigenvalue weighted by molar-refractivity contribution is -0.118. The van der Waals surface area contributed by atoms with E-state index in [2.05, 4.69) is 5.32 Å². The van der Waals surface area contributed by atoms with Crippen molar-refractivity contribution in [1.82, 2.24) is 0 Å². The van der Waals surface area contributed by atoms with Gasteiger partial charge in [-0.3, -0.25) is 9.10 Å². The zero-order valence-corrected chi connectivity index (χ0v) is 23.1. The number of hydrogen-bond acceptors (Lipinski definition) is 4. The summed E-state index contributed by atoms with van der Waals surface area (Å²) in [5.74, 6) is 0.0988. The molecule has 1 amide bonds. The van der Waals surface area contributed by atoms with Crippen LogP contribution in [0.4, 0.5) is 11.4 Å². The summed E-state index contributed by atoms with van der Waals surface area (Å²) in [6, 6.07) is 25.5. The second-order valence-electron chi connectivity index (χ2n) is 8.74. The number of nitrogens with zero attached hydrogens (tertiary/aromatic N) is 1. The first-order valence-electron chi connectivity index (χ1n) is 11.7. The summed E-state index contributed by atoms with van der Waals surface area (Å²) in [7, 11) is -3.87. The molecule has 0 atom stereocenters. The Morgan fingerprint density at radius 2 is 1.47 bits per heavy atom. The first-order chi connectivity index (χ1) is 18.1. The molecule has 196 valence electrons. The molecule has 4 aromatic carbocycles. The van der Waals surface area contributed by atoms with Crippen LogP contribution in [0.3, 0.4) is 0 Å². The van der Waals surface area contributed by atoms with E-state index in [9.17, 15) is 13.2 Å². The fourth-order valence-electron chi connectivity index (χ4n) is 3.72. The quantitative estimate of drug-likeness (QED) is 0.235. The van der Waals surface area contributed by atoms with Crippen molar-refractivity contribution in [2.45, 2.75) is 25.3 Å². The molecule has 0 radical (unpaired) electrons. The van der Waals surface area contributed by atoms with Crippen molar-refractivity contribution in [2.24, 2.45) is 0 Å². The standard InChI is InChI=1S/C29H26Cl2N2O4S/c1-20-3-14-27(15-4-20)38(35,36)33(18-22-5-7-23(30)8-6-22)25-10-12-26(13-11-25)37-19-29(34)32-28-16-9-24(31)17-21(28)2/h3-17H,18-19H2,1-2H3,(H,32,34). The fourth-order valence-corrected chi connectivity index (χ4v) is 5.52. The average Bonchev–Trinajstić information content (AvgIpc) is 2.89. The first-order valence-corrected chi connectivity index (χ1v) is 13.9. The maximum atomic E-state index is 13.6. The number of carbonyl (C=O) groups is 1. The maximum Gasteiger partial charge on any atom is 0.264 e. The highest BCUT2D eigenvalue weighted by Crippen LogP contribution is 2.28. The minimum absolute atomic E-state index is 0.108. The zero-order valence-electron chi connectivity index (χ0n) is 20.8. The molecule has 6 nitrogen and oxygen atoms in total. The van der Waals surface area contributed by atoms with E-state index < -0.39 is 10.0 Å². The topological polar surface area (TPSA) is 75.7 Å². The Bertz CT molecular complexity index is 1520. The molecule has 0 aliphatic heterocycles. The van der Waals surface area contributed by atoms with Gasteiger partial charge >= 0.3 is 0 Å². The van der Waals surface area contributed by atoms with Gasteiger partial charge in [0.05, 0.1) is 17.1 Å². The van der Waals surface area contributed by atoms with Crippen LogP contribution in [0, 0.1) is 13.8 Å². The van der Waals surface area contributed by atoms with Gasteiger partial charge in [-0.1, -0.05) is 53.0 Å². The molecule has 0 saturated carbocycles. The number of rotatable bonds is 9. The molecule has 1 N–H and O–H groups in total. The fraction of sp³-hybridized carbons (Fsp3) is 0.138. The molecule has 0 unspecified atom stereocenters. The molecule has 38 heavy (non-hydrogen) atoms. The van der Waals surface area contributed by atoms with E-state index in [-0.39, 0.29) is 24.0 Å². The van der Waals surface area contributed by atoms with Crippen molar-refractivity contribution in [2.75, 3.05) is 16.2 Å². The number of nitrogens with one attached hydrogen (secondary N) is 1. The Hall–Kier alpha value is -3.52. The van der Waals surface area contributed by atoms with Gasteiger partial charge in [-0.25, -0.2) is 8.42 Å². The minimum atomic E-state index is -3.87. The van der Waals surface area contributed by atoms with Crippen molar-refractivity contribution in [3.63, 3.8) is 0 Å². The Morgan fingerprint density at radius 1 is 0.842 bits per heavy atom. The molecule has 0 aliphatic rings. The molecule has 0 bridgehead atoms. The highest BCUT2D eigenvalue weighted by molar-refractivity contribution is 7.92. The number of carbonyl (C=O) groups excluding carboxylic acids is 1. The number of hydrogen-bond donors (Lipinski definition) is 1. The van der Waals surface area contributed by atoms with Crippen molar-refractivity contribution in [1.29, 1.82) is 0 Å². The summed E-state index contributed by atoms with van der Waals surface area (Å²) in [5.41, 5.74) is 3.68. The highest BCUT2D eigenvalue weighted by Gasteiger charge is 2.25. The van der Waals surface area contributed by atoms with E-state index in [4.69, 9.17) is 27.9 Å². The highest BCUT2D eigenvalue weighted by atomic mass is 35.5. The predicted octanol–water partition coefficient (Wildman–Crippen LogP) is 7.02. The lowest BCUT2D eigenvalue weighted by Crippen LogP contribution is -2.30. The maximum absolute atomic E-state index is 13.6. The van der Waals surface area contributed by atoms with Crippen LogP contribution in [0.1, 0.15) is 16.7 Å². The first kappa shape index (κ1) is 27.5. The van der Waals surface area contributed by atoms with E-state index in [1.807, 2.05) is 13.8 Å². The summed E-state index contributed by atoms with van der Waals surface area (Å²) < 4.78 is 34.3. The van der Waals surface area contributed by atoms with Crippen LogP contribution in [0.5, 0.6) is 5.75 Å². The van der Waals surface area contributed by atoms with Crippen LogP contribution in [-0.4, -0.2) is 20.9 Å². The molecule has 0 saturated heterocycles. The Morgan fingerprint density at radius 3 is 2.11 bits per heavy atom. The molecule has 0 aliphatic carbocycles. The van der Waals surface area contributed by atoms with E-state index >= 15 is 0 Å². The van der Waals surface area contributed by atoms with Gasteiger partial charge < -0.3 is 10.1 Å². The third kappa shape index (κ3) is 6.86. The van der Waals surface area contributed by atoms with Crippen LogP contribution >= 0.6 is 23.2 Å². The van der Waals surface area contributed by atoms with E-state index in [0.717, 1.165) is 16.7 Å². The van der Waals surface area contributed by atoms with E-state index in [1.54, 1.807) is 91.0 Å². The number of sulfonamides is 1. The third-order valence-electron chi connectivity index (χ3n) is 5.81. The van der Waals surface area contributed by atoms with Crippen LogP contribution in [0.2, 0.25) is 10.0 Å². The van der Waals surface area contributed by atoms with Gasteiger partial charge in [0.1, 0.15) is 5.75 Å². The van der Waals surface area contributed by atoms with Gasteiger partial charge in [-0.05, 0) is 91.7 Å². The Balaban J connectivity index is 1.52. The monoisotopic (exact) mass is 568 g/mol. The largest absolute Gasteiger partial charge is 0.484 e.